The van der Waals surface area contributed by atoms with Crippen LogP contribution in [0.2, 0.25) is 10.0 Å². The highest BCUT2D eigenvalue weighted by Gasteiger charge is 2.21. The van der Waals surface area contributed by atoms with E-state index < -0.39 is 23.4 Å². The molecule has 33 heavy (non-hydrogen) atoms. The van der Waals surface area contributed by atoms with E-state index in [2.05, 4.69) is 20.7 Å². The van der Waals surface area contributed by atoms with Crippen LogP contribution in [0, 0.1) is 5.82 Å². The zero-order chi connectivity index (χ0) is 23.5. The largest absolute Gasteiger partial charge is 0.484 e. The number of hydrogen-bond donors (Lipinski definition) is 3. The Morgan fingerprint density at radius 1 is 1.33 bits per heavy atom. The number of benzene rings is 1. The van der Waals surface area contributed by atoms with E-state index in [1.54, 1.807) is 19.3 Å². The molecule has 0 bridgehead atoms. The number of nitrogens with zero attached hydrogens (tertiary/aromatic N) is 2. The third-order valence-corrected chi connectivity index (χ3v) is 6.18. The number of aromatic nitrogens is 3. The molecule has 1 saturated heterocycles. The number of nitrogens with one attached hydrogen (secondary N) is 3. The monoisotopic (exact) mass is 493 g/mol. The standard InChI is InChI=1S/C22H22Cl2FN5O3/c1-12(19-17(23)2-3-18(25)20(19)24)33-15-8-16(21(31)27-10-15)22(32)29-13-9-28-30(11-13)14-4-6-26-7-5-14/h2-3,8-12,14,26H,4-7H2,1H3,(H,27,31)(H,29,32)/t12-/m1/s1. The van der Waals surface area contributed by atoms with Crippen molar-refractivity contribution in [1.82, 2.24) is 20.1 Å². The van der Waals surface area contributed by atoms with Gasteiger partial charge in [-0.05, 0) is 45.0 Å². The van der Waals surface area contributed by atoms with Crippen LogP contribution in [0.4, 0.5) is 10.1 Å². The number of rotatable bonds is 6. The van der Waals surface area contributed by atoms with Gasteiger partial charge in [0.2, 0.25) is 0 Å². The van der Waals surface area contributed by atoms with Gasteiger partial charge in [0.1, 0.15) is 23.2 Å². The van der Waals surface area contributed by atoms with E-state index in [0.29, 0.717) is 5.69 Å². The molecule has 0 spiro atoms. The Balaban J connectivity index is 1.49. The van der Waals surface area contributed by atoms with Gasteiger partial charge in [-0.2, -0.15) is 5.10 Å². The zero-order valence-electron chi connectivity index (χ0n) is 17.7. The second-order valence-electron chi connectivity index (χ2n) is 7.74. The lowest BCUT2D eigenvalue weighted by Crippen LogP contribution is -2.29. The first-order valence-electron chi connectivity index (χ1n) is 10.4. The lowest BCUT2D eigenvalue weighted by Gasteiger charge is -2.22. The Kier molecular flexibility index (Phi) is 7.02. The summed E-state index contributed by atoms with van der Waals surface area (Å²) in [5.74, 6) is -1.05. The second kappa shape index (κ2) is 9.94. The van der Waals surface area contributed by atoms with Gasteiger partial charge < -0.3 is 20.4 Å². The highest BCUT2D eigenvalue weighted by atomic mass is 35.5. The van der Waals surface area contributed by atoms with Crippen LogP contribution in [-0.2, 0) is 0 Å². The van der Waals surface area contributed by atoms with Crippen LogP contribution in [0.5, 0.6) is 5.75 Å². The summed E-state index contributed by atoms with van der Waals surface area (Å²) in [5, 5.41) is 10.4. The molecule has 174 valence electrons. The number of piperidine rings is 1. The van der Waals surface area contributed by atoms with Crippen molar-refractivity contribution in [2.75, 3.05) is 18.4 Å². The molecular weight excluding hydrogens is 472 g/mol. The van der Waals surface area contributed by atoms with Crippen LogP contribution < -0.4 is 20.9 Å². The van der Waals surface area contributed by atoms with Crippen molar-refractivity contribution in [1.29, 1.82) is 0 Å². The van der Waals surface area contributed by atoms with Crippen LogP contribution in [0.1, 0.15) is 47.8 Å². The van der Waals surface area contributed by atoms with Gasteiger partial charge in [-0.25, -0.2) is 4.39 Å². The fraction of sp³-hybridized carbons (Fsp3) is 0.318. The fourth-order valence-electron chi connectivity index (χ4n) is 3.75. The summed E-state index contributed by atoms with van der Waals surface area (Å²) in [7, 11) is 0. The molecule has 1 fully saturated rings. The summed E-state index contributed by atoms with van der Waals surface area (Å²) >= 11 is 12.2. The average Bonchev–Trinajstić information content (AvgIpc) is 3.27. The summed E-state index contributed by atoms with van der Waals surface area (Å²) in [6.07, 6.45) is 5.76. The van der Waals surface area contributed by atoms with Crippen LogP contribution in [-0.4, -0.2) is 33.8 Å². The van der Waals surface area contributed by atoms with Gasteiger partial charge in [-0.15, -0.1) is 0 Å². The van der Waals surface area contributed by atoms with E-state index in [0.717, 1.165) is 32.0 Å². The van der Waals surface area contributed by atoms with Gasteiger partial charge >= 0.3 is 0 Å². The molecule has 0 radical (unpaired) electrons. The summed E-state index contributed by atoms with van der Waals surface area (Å²) in [4.78, 5) is 27.5. The molecular formula is C22H22Cl2FN5O3. The van der Waals surface area contributed by atoms with Crippen LogP contribution >= 0.6 is 23.2 Å². The minimum Gasteiger partial charge on any atom is -0.484 e. The number of pyridine rings is 1. The van der Waals surface area contributed by atoms with Gasteiger partial charge in [-0.3, -0.25) is 14.3 Å². The normalized spacial score (nSPS) is 15.3. The number of ether oxygens (including phenoxy) is 1. The first-order valence-corrected chi connectivity index (χ1v) is 11.2. The molecule has 1 amide bonds. The molecule has 4 rings (SSSR count). The molecule has 0 aliphatic carbocycles. The smallest absolute Gasteiger partial charge is 0.261 e. The van der Waals surface area contributed by atoms with Gasteiger partial charge in [-0.1, -0.05) is 23.2 Å². The van der Waals surface area contributed by atoms with Crippen molar-refractivity contribution in [2.24, 2.45) is 0 Å². The van der Waals surface area contributed by atoms with Crippen molar-refractivity contribution in [3.63, 3.8) is 0 Å². The van der Waals surface area contributed by atoms with Crippen molar-refractivity contribution >= 4 is 34.8 Å². The number of anilines is 1. The Bertz CT molecular complexity index is 1220. The Labute approximate surface area is 199 Å². The minimum atomic E-state index is -0.745. The Hall–Kier alpha value is -2.88. The van der Waals surface area contributed by atoms with Crippen LogP contribution in [0.3, 0.4) is 0 Å². The van der Waals surface area contributed by atoms with E-state index in [1.165, 1.54) is 18.3 Å². The van der Waals surface area contributed by atoms with E-state index >= 15 is 0 Å². The second-order valence-corrected chi connectivity index (χ2v) is 8.52. The molecule has 3 heterocycles. The molecule has 8 nitrogen and oxygen atoms in total. The van der Waals surface area contributed by atoms with Gasteiger partial charge in [0.05, 0.1) is 22.9 Å². The third-order valence-electron chi connectivity index (χ3n) is 5.46. The van der Waals surface area contributed by atoms with E-state index in [-0.39, 0.29) is 33.0 Å². The number of H-pyrrole nitrogens is 1. The Morgan fingerprint density at radius 3 is 2.85 bits per heavy atom. The molecule has 1 aliphatic rings. The number of hydrogen-bond acceptors (Lipinski definition) is 5. The molecule has 1 aliphatic heterocycles. The summed E-state index contributed by atoms with van der Waals surface area (Å²) in [6, 6.07) is 4.12. The molecule has 3 aromatic rings. The first kappa shape index (κ1) is 23.3. The van der Waals surface area contributed by atoms with Gasteiger partial charge in [0, 0.05) is 29.0 Å². The SMILES string of the molecule is C[C@@H](Oc1c[nH]c(=O)c(C(=O)Nc2cnn(C3CCNCC3)c2)c1)c1c(Cl)ccc(F)c1Cl. The molecule has 1 atom stereocenters. The predicted octanol–water partition coefficient (Wildman–Crippen LogP) is 4.33. The minimum absolute atomic E-state index is 0.147. The summed E-state index contributed by atoms with van der Waals surface area (Å²) in [5.41, 5.74) is 0.0163. The lowest BCUT2D eigenvalue weighted by atomic mass is 10.1. The molecule has 11 heteroatoms. The Morgan fingerprint density at radius 2 is 2.09 bits per heavy atom. The summed E-state index contributed by atoms with van der Waals surface area (Å²) in [6.45, 7) is 3.46. The average molecular weight is 494 g/mol. The lowest BCUT2D eigenvalue weighted by molar-refractivity contribution is 0.102. The topological polar surface area (TPSA) is 101 Å². The highest BCUT2D eigenvalue weighted by Crippen LogP contribution is 2.34. The highest BCUT2D eigenvalue weighted by molar-refractivity contribution is 6.36. The number of amides is 1. The maximum atomic E-state index is 13.9. The number of aromatic amines is 1. The predicted molar refractivity (Wildman–Crippen MR) is 124 cm³/mol. The maximum Gasteiger partial charge on any atom is 0.261 e. The third kappa shape index (κ3) is 5.21. The number of halogens is 3. The van der Waals surface area contributed by atoms with Crippen LogP contribution in [0.15, 0.2) is 41.6 Å². The van der Waals surface area contributed by atoms with Crippen molar-refractivity contribution in [3.8, 4) is 5.75 Å². The molecule has 0 unspecified atom stereocenters. The summed E-state index contributed by atoms with van der Waals surface area (Å²) < 4.78 is 21.5. The molecule has 1 aromatic carbocycles. The zero-order valence-corrected chi connectivity index (χ0v) is 19.2. The molecule has 3 N–H and O–H groups in total. The molecule has 2 aromatic heterocycles. The van der Waals surface area contributed by atoms with E-state index in [1.807, 2.05) is 4.68 Å². The number of carbonyl (C=O) groups excluding carboxylic acids is 1. The van der Waals surface area contributed by atoms with Gasteiger partial charge in [0.25, 0.3) is 11.5 Å². The van der Waals surface area contributed by atoms with Crippen molar-refractivity contribution in [2.45, 2.75) is 31.9 Å². The van der Waals surface area contributed by atoms with Crippen molar-refractivity contribution in [3.05, 3.63) is 74.1 Å². The maximum absolute atomic E-state index is 13.9. The van der Waals surface area contributed by atoms with Crippen molar-refractivity contribution < 1.29 is 13.9 Å². The molecule has 0 saturated carbocycles. The quantitative estimate of drug-likeness (QED) is 0.443. The van der Waals surface area contributed by atoms with E-state index in [4.69, 9.17) is 27.9 Å². The number of carbonyl (C=O) groups is 1. The van der Waals surface area contributed by atoms with E-state index in [9.17, 15) is 14.0 Å². The van der Waals surface area contributed by atoms with Crippen LogP contribution in [0.25, 0.3) is 0 Å². The fourth-order valence-corrected chi connectivity index (χ4v) is 4.43. The first-order chi connectivity index (χ1) is 15.8. The van der Waals surface area contributed by atoms with Gasteiger partial charge in [0.15, 0.2) is 0 Å².